The highest BCUT2D eigenvalue weighted by atomic mass is 16.3. The first kappa shape index (κ1) is 7.37. The zero-order chi connectivity index (χ0) is 8.27. The molecular formula is C6H5N3O2. The monoisotopic (exact) mass is 151 g/mol. The van der Waals surface area contributed by atoms with E-state index in [4.69, 9.17) is 9.95 Å². The van der Waals surface area contributed by atoms with Gasteiger partial charge in [0.15, 0.2) is 6.39 Å². The van der Waals surface area contributed by atoms with Crippen LogP contribution < -0.4 is 0 Å². The van der Waals surface area contributed by atoms with Gasteiger partial charge in [-0.3, -0.25) is 4.79 Å². The number of aromatic nitrogens is 1. The van der Waals surface area contributed by atoms with Gasteiger partial charge >= 0.3 is 12.0 Å². The van der Waals surface area contributed by atoms with Gasteiger partial charge in [0.1, 0.15) is 0 Å². The normalized spacial score (nSPS) is 8.82. The quantitative estimate of drug-likeness (QED) is 0.266. The van der Waals surface area contributed by atoms with Crippen LogP contribution in [0.2, 0.25) is 0 Å². The largest absolute Gasteiger partial charge is 0.439 e. The number of carbonyl (C=O) groups is 1. The third kappa shape index (κ3) is 1.39. The minimum absolute atomic E-state index is 0.0998. The zero-order valence-corrected chi connectivity index (χ0v) is 5.81. The number of Topliss-reactive ketones (excluding diaryl/α,β-unsaturated/α-hetero) is 1. The second-order valence-corrected chi connectivity index (χ2v) is 1.88. The predicted molar refractivity (Wildman–Crippen MR) is 35.3 cm³/mol. The summed E-state index contributed by atoms with van der Waals surface area (Å²) in [5.74, 6) is -0.398. The van der Waals surface area contributed by atoms with Crippen molar-refractivity contribution >= 4 is 12.0 Å². The molecule has 1 heterocycles. The average Bonchev–Trinajstić information content (AvgIpc) is 2.36. The molecule has 0 N–H and O–H groups in total. The predicted octanol–water partition coefficient (Wildman–Crippen LogP) is 0.466. The summed E-state index contributed by atoms with van der Waals surface area (Å²) in [6.07, 6.45) is 1.92. The van der Waals surface area contributed by atoms with Crippen LogP contribution in [0.25, 0.3) is 5.53 Å². The minimum Gasteiger partial charge on any atom is -0.439 e. The number of oxazole rings is 1. The molecule has 5 nitrogen and oxygen atoms in total. The van der Waals surface area contributed by atoms with Crippen LogP contribution >= 0.6 is 0 Å². The van der Waals surface area contributed by atoms with Crippen molar-refractivity contribution in [2.45, 2.75) is 6.92 Å². The molecule has 11 heavy (non-hydrogen) atoms. The van der Waals surface area contributed by atoms with Gasteiger partial charge in [-0.2, -0.15) is 4.79 Å². The molecule has 0 unspecified atom stereocenters. The maximum atomic E-state index is 10.9. The van der Waals surface area contributed by atoms with Crippen molar-refractivity contribution in [3.8, 4) is 0 Å². The Kier molecular flexibility index (Phi) is 1.94. The van der Waals surface area contributed by atoms with E-state index in [0.717, 1.165) is 12.6 Å². The summed E-state index contributed by atoms with van der Waals surface area (Å²) in [4.78, 5) is 17.1. The Morgan fingerprint density at radius 3 is 3.09 bits per heavy atom. The molecule has 56 valence electrons. The topological polar surface area (TPSA) is 79.5 Å². The fraction of sp³-hybridized carbons (Fsp3) is 0.167. The van der Waals surface area contributed by atoms with Gasteiger partial charge in [-0.05, 0) is 6.92 Å². The summed E-state index contributed by atoms with van der Waals surface area (Å²) in [5, 5.41) is 0. The minimum atomic E-state index is -0.498. The molecular weight excluding hydrogens is 146 g/mol. The molecule has 0 radical (unpaired) electrons. The van der Waals surface area contributed by atoms with Crippen LogP contribution in [-0.4, -0.2) is 21.8 Å². The van der Waals surface area contributed by atoms with Crippen LogP contribution in [-0.2, 0) is 0 Å². The lowest BCUT2D eigenvalue weighted by Crippen LogP contribution is -2.00. The van der Waals surface area contributed by atoms with Crippen molar-refractivity contribution in [2.24, 2.45) is 0 Å². The summed E-state index contributed by atoms with van der Waals surface area (Å²) in [6.45, 7) is 1.63. The number of hydrogen-bond donors (Lipinski definition) is 0. The molecule has 0 spiro atoms. The molecule has 0 saturated carbocycles. The van der Waals surface area contributed by atoms with Crippen LogP contribution in [0, 0.1) is 6.92 Å². The Bertz CT molecular complexity index is 322. The molecule has 0 bridgehead atoms. The summed E-state index contributed by atoms with van der Waals surface area (Å²) in [6, 6.07) is 0. The molecule has 5 heteroatoms. The molecule has 0 atom stereocenters. The third-order valence-electron chi connectivity index (χ3n) is 1.14. The summed E-state index contributed by atoms with van der Waals surface area (Å²) >= 11 is 0. The molecule has 1 aromatic rings. The fourth-order valence-corrected chi connectivity index (χ4v) is 0.649. The second-order valence-electron chi connectivity index (χ2n) is 1.88. The SMILES string of the molecule is Cc1ncoc1C(=O)C=[N+]=[N-]. The Morgan fingerprint density at radius 1 is 1.91 bits per heavy atom. The van der Waals surface area contributed by atoms with Crippen molar-refractivity contribution in [1.82, 2.24) is 4.98 Å². The van der Waals surface area contributed by atoms with Gasteiger partial charge in [0.2, 0.25) is 5.76 Å². The fourth-order valence-electron chi connectivity index (χ4n) is 0.649. The standard InChI is InChI=1S/C6H5N3O2/c1-4-6(11-3-8-4)5(10)2-9-7/h2-3H,1H3. The van der Waals surface area contributed by atoms with Crippen molar-refractivity contribution < 1.29 is 14.0 Å². The van der Waals surface area contributed by atoms with Gasteiger partial charge in [0, 0.05) is 0 Å². The van der Waals surface area contributed by atoms with Gasteiger partial charge in [0.05, 0.1) is 5.69 Å². The van der Waals surface area contributed by atoms with E-state index in [9.17, 15) is 4.79 Å². The van der Waals surface area contributed by atoms with Crippen molar-refractivity contribution in [1.29, 1.82) is 0 Å². The van der Waals surface area contributed by atoms with E-state index in [1.807, 2.05) is 0 Å². The summed E-state index contributed by atoms with van der Waals surface area (Å²) in [7, 11) is 0. The van der Waals surface area contributed by atoms with E-state index in [2.05, 4.69) is 9.77 Å². The molecule has 0 aromatic carbocycles. The third-order valence-corrected chi connectivity index (χ3v) is 1.14. The molecule has 0 aliphatic heterocycles. The molecule has 1 rings (SSSR count). The first-order chi connectivity index (χ1) is 5.25. The zero-order valence-electron chi connectivity index (χ0n) is 5.81. The highest BCUT2D eigenvalue weighted by Gasteiger charge is 2.14. The van der Waals surface area contributed by atoms with E-state index in [1.54, 1.807) is 6.92 Å². The Morgan fingerprint density at radius 2 is 2.64 bits per heavy atom. The summed E-state index contributed by atoms with van der Waals surface area (Å²) < 4.78 is 4.72. The number of aryl methyl sites for hydroxylation is 1. The van der Waals surface area contributed by atoms with E-state index in [0.29, 0.717) is 5.69 Å². The Labute approximate surface area is 62.3 Å². The van der Waals surface area contributed by atoms with Crippen molar-refractivity contribution in [3.63, 3.8) is 0 Å². The van der Waals surface area contributed by atoms with E-state index < -0.39 is 5.78 Å². The first-order valence-corrected chi connectivity index (χ1v) is 2.87. The van der Waals surface area contributed by atoms with Crippen LogP contribution in [0.4, 0.5) is 0 Å². The van der Waals surface area contributed by atoms with E-state index in [1.165, 1.54) is 0 Å². The van der Waals surface area contributed by atoms with Gasteiger partial charge in [-0.1, -0.05) is 0 Å². The Balaban J connectivity index is 3.02. The number of carbonyl (C=O) groups excluding carboxylic acids is 1. The number of nitrogens with zero attached hydrogens (tertiary/aromatic N) is 3. The van der Waals surface area contributed by atoms with Gasteiger partial charge in [-0.25, -0.2) is 4.98 Å². The number of rotatable bonds is 2. The highest BCUT2D eigenvalue weighted by Crippen LogP contribution is 2.03. The van der Waals surface area contributed by atoms with Crippen LogP contribution in [0.5, 0.6) is 0 Å². The first-order valence-electron chi connectivity index (χ1n) is 2.87. The van der Waals surface area contributed by atoms with Gasteiger partial charge in [-0.15, -0.1) is 0 Å². The van der Waals surface area contributed by atoms with E-state index >= 15 is 0 Å². The van der Waals surface area contributed by atoms with Crippen molar-refractivity contribution in [3.05, 3.63) is 23.4 Å². The van der Waals surface area contributed by atoms with Crippen molar-refractivity contribution in [2.75, 3.05) is 0 Å². The molecule has 0 fully saturated rings. The Hall–Kier alpha value is -1.74. The maximum Gasteiger partial charge on any atom is 0.331 e. The average molecular weight is 151 g/mol. The lowest BCUT2D eigenvalue weighted by Gasteiger charge is -1.82. The number of hydrogen-bond acceptors (Lipinski definition) is 3. The lowest BCUT2D eigenvalue weighted by atomic mass is 10.3. The molecule has 0 aliphatic rings. The maximum absolute atomic E-state index is 10.9. The number of ketones is 1. The van der Waals surface area contributed by atoms with Crippen LogP contribution in [0.3, 0.4) is 0 Å². The van der Waals surface area contributed by atoms with Gasteiger partial charge in [0.25, 0.3) is 0 Å². The molecule has 1 aromatic heterocycles. The highest BCUT2D eigenvalue weighted by molar-refractivity contribution is 6.32. The van der Waals surface area contributed by atoms with Crippen LogP contribution in [0.1, 0.15) is 16.2 Å². The molecule has 0 aliphatic carbocycles. The lowest BCUT2D eigenvalue weighted by molar-refractivity contribution is 0.00208. The second kappa shape index (κ2) is 2.90. The molecule has 0 amide bonds. The molecule has 0 saturated heterocycles. The smallest absolute Gasteiger partial charge is 0.331 e. The summed E-state index contributed by atoms with van der Waals surface area (Å²) in [5.41, 5.74) is 8.49. The van der Waals surface area contributed by atoms with E-state index in [-0.39, 0.29) is 5.76 Å². The van der Waals surface area contributed by atoms with Gasteiger partial charge < -0.3 is 9.95 Å². The van der Waals surface area contributed by atoms with Crippen LogP contribution in [0.15, 0.2) is 10.8 Å².